The van der Waals surface area contributed by atoms with Crippen LogP contribution in [0.4, 0.5) is 4.39 Å². The standard InChI is InChI=1S/C14H13F.2C2H6/c1-10-3-5-12(6-4-10)13-7-11(2)8-14(15)9-13;2*1-2/h3-9H,1-2H3;2*1-2H3. The minimum atomic E-state index is -0.175. The van der Waals surface area contributed by atoms with E-state index in [-0.39, 0.29) is 5.82 Å². The Labute approximate surface area is 117 Å². The number of benzene rings is 2. The van der Waals surface area contributed by atoms with Gasteiger partial charge in [0.25, 0.3) is 0 Å². The maximum absolute atomic E-state index is 13.2. The molecule has 0 bridgehead atoms. The van der Waals surface area contributed by atoms with Gasteiger partial charge in [-0.15, -0.1) is 0 Å². The van der Waals surface area contributed by atoms with Crippen LogP contribution in [0, 0.1) is 19.7 Å². The van der Waals surface area contributed by atoms with Crippen LogP contribution in [-0.4, -0.2) is 0 Å². The van der Waals surface area contributed by atoms with Gasteiger partial charge in [0.15, 0.2) is 0 Å². The van der Waals surface area contributed by atoms with Crippen molar-refractivity contribution in [3.63, 3.8) is 0 Å². The van der Waals surface area contributed by atoms with Gasteiger partial charge in [-0.25, -0.2) is 4.39 Å². The fourth-order valence-corrected chi connectivity index (χ4v) is 1.65. The van der Waals surface area contributed by atoms with Gasteiger partial charge in [0.05, 0.1) is 0 Å². The molecule has 0 atom stereocenters. The van der Waals surface area contributed by atoms with Crippen LogP contribution in [0.1, 0.15) is 38.8 Å². The molecule has 0 aromatic heterocycles. The van der Waals surface area contributed by atoms with Crippen molar-refractivity contribution in [2.24, 2.45) is 0 Å². The van der Waals surface area contributed by atoms with Crippen molar-refractivity contribution in [1.82, 2.24) is 0 Å². The van der Waals surface area contributed by atoms with E-state index in [0.29, 0.717) is 0 Å². The molecule has 0 N–H and O–H groups in total. The summed E-state index contributed by atoms with van der Waals surface area (Å²) in [6.45, 7) is 11.9. The molecule has 0 heterocycles. The summed E-state index contributed by atoms with van der Waals surface area (Å²) >= 11 is 0. The second kappa shape index (κ2) is 9.32. The Morgan fingerprint density at radius 1 is 0.632 bits per heavy atom. The van der Waals surface area contributed by atoms with Crippen LogP contribution >= 0.6 is 0 Å². The lowest BCUT2D eigenvalue weighted by molar-refractivity contribution is 0.627. The first kappa shape index (κ1) is 17.4. The summed E-state index contributed by atoms with van der Waals surface area (Å²) in [5.41, 5.74) is 4.16. The predicted molar refractivity (Wildman–Crippen MR) is 84.0 cm³/mol. The van der Waals surface area contributed by atoms with E-state index in [4.69, 9.17) is 0 Å². The van der Waals surface area contributed by atoms with Crippen LogP contribution in [0.15, 0.2) is 42.5 Å². The topological polar surface area (TPSA) is 0 Å². The third kappa shape index (κ3) is 5.69. The SMILES string of the molecule is CC.CC.Cc1ccc(-c2cc(C)cc(F)c2)cc1. The van der Waals surface area contributed by atoms with Crippen LogP contribution in [0.25, 0.3) is 11.1 Å². The molecular formula is C18H25F. The molecule has 0 aliphatic rings. The lowest BCUT2D eigenvalue weighted by atomic mass is 10.0. The van der Waals surface area contributed by atoms with Gasteiger partial charge in [-0.1, -0.05) is 63.6 Å². The highest BCUT2D eigenvalue weighted by molar-refractivity contribution is 5.64. The summed E-state index contributed by atoms with van der Waals surface area (Å²) < 4.78 is 13.2. The van der Waals surface area contributed by atoms with Gasteiger partial charge in [-0.3, -0.25) is 0 Å². The van der Waals surface area contributed by atoms with Crippen molar-refractivity contribution in [3.05, 3.63) is 59.4 Å². The fourth-order valence-electron chi connectivity index (χ4n) is 1.65. The van der Waals surface area contributed by atoms with Gasteiger partial charge in [0, 0.05) is 0 Å². The van der Waals surface area contributed by atoms with Crippen molar-refractivity contribution < 1.29 is 4.39 Å². The molecule has 19 heavy (non-hydrogen) atoms. The fraction of sp³-hybridized carbons (Fsp3) is 0.333. The highest BCUT2D eigenvalue weighted by Crippen LogP contribution is 2.22. The van der Waals surface area contributed by atoms with Gasteiger partial charge in [-0.05, 0) is 42.7 Å². The van der Waals surface area contributed by atoms with Crippen molar-refractivity contribution in [3.8, 4) is 11.1 Å². The summed E-state index contributed by atoms with van der Waals surface area (Å²) in [7, 11) is 0. The zero-order valence-electron chi connectivity index (χ0n) is 12.9. The summed E-state index contributed by atoms with van der Waals surface area (Å²) in [5.74, 6) is -0.175. The third-order valence-electron chi connectivity index (χ3n) is 2.43. The Balaban J connectivity index is 0.000000741. The van der Waals surface area contributed by atoms with E-state index in [1.54, 1.807) is 6.07 Å². The van der Waals surface area contributed by atoms with Crippen molar-refractivity contribution in [2.45, 2.75) is 41.5 Å². The molecule has 2 aromatic rings. The zero-order chi connectivity index (χ0) is 14.8. The molecule has 104 valence electrons. The van der Waals surface area contributed by atoms with Gasteiger partial charge < -0.3 is 0 Å². The first-order chi connectivity index (χ1) is 9.15. The van der Waals surface area contributed by atoms with Crippen LogP contribution in [-0.2, 0) is 0 Å². The third-order valence-corrected chi connectivity index (χ3v) is 2.43. The minimum absolute atomic E-state index is 0.175. The smallest absolute Gasteiger partial charge is 0.124 e. The van der Waals surface area contributed by atoms with E-state index in [0.717, 1.165) is 16.7 Å². The van der Waals surface area contributed by atoms with Crippen molar-refractivity contribution in [1.29, 1.82) is 0 Å². The summed E-state index contributed by atoms with van der Waals surface area (Å²) in [6.07, 6.45) is 0. The molecule has 1 heteroatoms. The normalized spacial score (nSPS) is 8.79. The summed E-state index contributed by atoms with van der Waals surface area (Å²) in [5, 5.41) is 0. The van der Waals surface area contributed by atoms with Gasteiger partial charge in [0.2, 0.25) is 0 Å². The Hall–Kier alpha value is -1.63. The van der Waals surface area contributed by atoms with Crippen LogP contribution < -0.4 is 0 Å². The van der Waals surface area contributed by atoms with Crippen LogP contribution in [0.3, 0.4) is 0 Å². The number of hydrogen-bond donors (Lipinski definition) is 0. The van der Waals surface area contributed by atoms with Crippen LogP contribution in [0.5, 0.6) is 0 Å². The van der Waals surface area contributed by atoms with Crippen molar-refractivity contribution >= 4 is 0 Å². The first-order valence-electron chi connectivity index (χ1n) is 6.99. The minimum Gasteiger partial charge on any atom is -0.207 e. The van der Waals surface area contributed by atoms with E-state index in [9.17, 15) is 4.39 Å². The zero-order valence-corrected chi connectivity index (χ0v) is 12.9. The predicted octanol–water partition coefficient (Wildman–Crippen LogP) is 6.16. The Kier molecular flexibility index (Phi) is 8.52. The first-order valence-corrected chi connectivity index (χ1v) is 6.99. The van der Waals surface area contributed by atoms with Gasteiger partial charge in [0.1, 0.15) is 5.82 Å². The monoisotopic (exact) mass is 260 g/mol. The molecule has 0 unspecified atom stereocenters. The van der Waals surface area contributed by atoms with Gasteiger partial charge >= 0.3 is 0 Å². The Bertz CT molecular complexity index is 449. The number of hydrogen-bond acceptors (Lipinski definition) is 0. The highest BCUT2D eigenvalue weighted by atomic mass is 19.1. The van der Waals surface area contributed by atoms with E-state index < -0.39 is 0 Å². The Morgan fingerprint density at radius 2 is 1.16 bits per heavy atom. The lowest BCUT2D eigenvalue weighted by Gasteiger charge is -2.04. The highest BCUT2D eigenvalue weighted by Gasteiger charge is 2.00. The van der Waals surface area contributed by atoms with Gasteiger partial charge in [-0.2, -0.15) is 0 Å². The molecule has 0 spiro atoms. The molecule has 0 saturated carbocycles. The van der Waals surface area contributed by atoms with E-state index in [2.05, 4.69) is 0 Å². The molecule has 0 amide bonds. The molecule has 0 aliphatic carbocycles. The second-order valence-electron chi connectivity index (χ2n) is 3.88. The average molecular weight is 260 g/mol. The summed E-state index contributed by atoms with van der Waals surface area (Å²) in [4.78, 5) is 0. The lowest BCUT2D eigenvalue weighted by Crippen LogP contribution is -1.83. The van der Waals surface area contributed by atoms with E-state index in [1.807, 2.05) is 71.9 Å². The molecule has 2 rings (SSSR count). The molecular weight excluding hydrogens is 235 g/mol. The van der Waals surface area contributed by atoms with Crippen molar-refractivity contribution in [2.75, 3.05) is 0 Å². The quantitative estimate of drug-likeness (QED) is 0.576. The molecule has 0 radical (unpaired) electrons. The van der Waals surface area contributed by atoms with E-state index in [1.165, 1.54) is 11.6 Å². The Morgan fingerprint density at radius 3 is 1.63 bits per heavy atom. The number of rotatable bonds is 1. The molecule has 0 aliphatic heterocycles. The molecule has 0 saturated heterocycles. The van der Waals surface area contributed by atoms with E-state index >= 15 is 0 Å². The molecule has 2 aromatic carbocycles. The number of halogens is 1. The van der Waals surface area contributed by atoms with Crippen LogP contribution in [0.2, 0.25) is 0 Å². The molecule has 0 fully saturated rings. The second-order valence-corrected chi connectivity index (χ2v) is 3.88. The number of aryl methyl sites for hydroxylation is 2. The average Bonchev–Trinajstić information content (AvgIpc) is 2.43. The molecule has 0 nitrogen and oxygen atoms in total. The largest absolute Gasteiger partial charge is 0.207 e. The summed E-state index contributed by atoms with van der Waals surface area (Å²) in [6, 6.07) is 13.2. The maximum atomic E-state index is 13.2. The maximum Gasteiger partial charge on any atom is 0.124 e.